The molecular weight excluding hydrogens is 366 g/mol. The van der Waals surface area contributed by atoms with Gasteiger partial charge in [0.1, 0.15) is 0 Å². The van der Waals surface area contributed by atoms with Crippen LogP contribution in [0.5, 0.6) is 0 Å². The molecule has 1 atom stereocenters. The van der Waals surface area contributed by atoms with Crippen molar-refractivity contribution in [3.8, 4) is 0 Å². The van der Waals surface area contributed by atoms with E-state index in [0.29, 0.717) is 16.8 Å². The number of carbonyl (C=O) groups excluding carboxylic acids is 2. The van der Waals surface area contributed by atoms with E-state index in [9.17, 15) is 9.59 Å². The standard InChI is InChI=1S/C24H21NO4/c1-28-23(26)20-15-13-19(14-16-20)22(24(27)29-2)25-21(17-9-5-3-6-10-17)18-11-7-4-8-12-18/h3-16,22H,1-2H3. The zero-order chi connectivity index (χ0) is 20.6. The molecule has 1 unspecified atom stereocenters. The summed E-state index contributed by atoms with van der Waals surface area (Å²) >= 11 is 0. The number of ether oxygens (including phenoxy) is 2. The van der Waals surface area contributed by atoms with E-state index in [1.165, 1.54) is 14.2 Å². The van der Waals surface area contributed by atoms with Gasteiger partial charge in [-0.2, -0.15) is 0 Å². The highest BCUT2D eigenvalue weighted by molar-refractivity contribution is 6.13. The Morgan fingerprint density at radius 3 is 1.66 bits per heavy atom. The van der Waals surface area contributed by atoms with Crippen LogP contribution in [0.25, 0.3) is 0 Å². The van der Waals surface area contributed by atoms with E-state index < -0.39 is 18.0 Å². The average Bonchev–Trinajstić information content (AvgIpc) is 2.80. The number of esters is 2. The molecule has 3 rings (SSSR count). The zero-order valence-electron chi connectivity index (χ0n) is 16.2. The lowest BCUT2D eigenvalue weighted by Crippen LogP contribution is -2.16. The number of hydrogen-bond donors (Lipinski definition) is 0. The van der Waals surface area contributed by atoms with Gasteiger partial charge in [0.2, 0.25) is 0 Å². The van der Waals surface area contributed by atoms with Crippen LogP contribution in [0.15, 0.2) is 89.9 Å². The van der Waals surface area contributed by atoms with E-state index in [0.717, 1.165) is 11.1 Å². The molecule has 3 aromatic carbocycles. The van der Waals surface area contributed by atoms with Gasteiger partial charge in [0.15, 0.2) is 6.04 Å². The molecule has 0 spiro atoms. The van der Waals surface area contributed by atoms with Crippen LogP contribution in [-0.2, 0) is 14.3 Å². The molecule has 0 heterocycles. The van der Waals surface area contributed by atoms with E-state index in [4.69, 9.17) is 14.5 Å². The predicted octanol–water partition coefficient (Wildman–Crippen LogP) is 4.22. The van der Waals surface area contributed by atoms with Crippen LogP contribution in [0, 0.1) is 0 Å². The maximum atomic E-state index is 12.6. The maximum Gasteiger partial charge on any atom is 0.337 e. The van der Waals surface area contributed by atoms with Crippen molar-refractivity contribution in [2.24, 2.45) is 4.99 Å². The van der Waals surface area contributed by atoms with Crippen molar-refractivity contribution in [2.45, 2.75) is 6.04 Å². The minimum absolute atomic E-state index is 0.398. The highest BCUT2D eigenvalue weighted by Gasteiger charge is 2.23. The second-order valence-corrected chi connectivity index (χ2v) is 6.25. The van der Waals surface area contributed by atoms with Crippen molar-refractivity contribution in [2.75, 3.05) is 14.2 Å². The van der Waals surface area contributed by atoms with Gasteiger partial charge in [-0.3, -0.25) is 4.99 Å². The molecule has 3 aromatic rings. The van der Waals surface area contributed by atoms with Crippen LogP contribution in [0.3, 0.4) is 0 Å². The average molecular weight is 387 g/mol. The van der Waals surface area contributed by atoms with Gasteiger partial charge in [0, 0.05) is 11.1 Å². The first-order valence-electron chi connectivity index (χ1n) is 9.08. The summed E-state index contributed by atoms with van der Waals surface area (Å²) < 4.78 is 9.73. The SMILES string of the molecule is COC(=O)c1ccc(C(N=C(c2ccccc2)c2ccccc2)C(=O)OC)cc1. The molecule has 0 amide bonds. The zero-order valence-corrected chi connectivity index (χ0v) is 16.2. The summed E-state index contributed by atoms with van der Waals surface area (Å²) in [7, 11) is 2.65. The molecule has 146 valence electrons. The molecule has 0 aromatic heterocycles. The predicted molar refractivity (Wildman–Crippen MR) is 111 cm³/mol. The van der Waals surface area contributed by atoms with Gasteiger partial charge in [-0.15, -0.1) is 0 Å². The third-order valence-electron chi connectivity index (χ3n) is 4.42. The van der Waals surface area contributed by atoms with E-state index in [-0.39, 0.29) is 0 Å². The Kier molecular flexibility index (Phi) is 6.53. The quantitative estimate of drug-likeness (QED) is 0.469. The fourth-order valence-electron chi connectivity index (χ4n) is 2.93. The van der Waals surface area contributed by atoms with Gasteiger partial charge in [-0.25, -0.2) is 9.59 Å². The number of methoxy groups -OCH3 is 2. The van der Waals surface area contributed by atoms with Crippen molar-refractivity contribution in [1.82, 2.24) is 0 Å². The third kappa shape index (κ3) is 4.76. The Balaban J connectivity index is 2.09. The van der Waals surface area contributed by atoms with Crippen LogP contribution >= 0.6 is 0 Å². The fraction of sp³-hybridized carbons (Fsp3) is 0.125. The molecule has 0 fully saturated rings. The van der Waals surface area contributed by atoms with E-state index in [1.54, 1.807) is 24.3 Å². The normalized spacial score (nSPS) is 11.2. The van der Waals surface area contributed by atoms with Crippen molar-refractivity contribution in [1.29, 1.82) is 0 Å². The lowest BCUT2D eigenvalue weighted by molar-refractivity contribution is -0.142. The first-order chi connectivity index (χ1) is 14.1. The largest absolute Gasteiger partial charge is 0.467 e. The molecule has 0 saturated carbocycles. The highest BCUT2D eigenvalue weighted by Crippen LogP contribution is 2.23. The fourth-order valence-corrected chi connectivity index (χ4v) is 2.93. The Bertz CT molecular complexity index is 955. The highest BCUT2D eigenvalue weighted by atomic mass is 16.5. The number of hydrogen-bond acceptors (Lipinski definition) is 5. The van der Waals surface area contributed by atoms with Crippen LogP contribution < -0.4 is 0 Å². The van der Waals surface area contributed by atoms with Gasteiger partial charge in [0.25, 0.3) is 0 Å². The Morgan fingerprint density at radius 1 is 0.690 bits per heavy atom. The van der Waals surface area contributed by atoms with Crippen molar-refractivity contribution in [3.05, 3.63) is 107 Å². The molecule has 0 aliphatic heterocycles. The van der Waals surface area contributed by atoms with Crippen LogP contribution in [-0.4, -0.2) is 31.9 Å². The van der Waals surface area contributed by atoms with Crippen LogP contribution in [0.2, 0.25) is 0 Å². The lowest BCUT2D eigenvalue weighted by Gasteiger charge is -2.15. The lowest BCUT2D eigenvalue weighted by atomic mass is 10.00. The van der Waals surface area contributed by atoms with Crippen LogP contribution in [0.1, 0.15) is 33.1 Å². The number of nitrogens with zero attached hydrogens (tertiary/aromatic N) is 1. The summed E-state index contributed by atoms with van der Waals surface area (Å²) in [5.74, 6) is -0.927. The minimum atomic E-state index is -0.873. The summed E-state index contributed by atoms with van der Waals surface area (Å²) in [6, 6.07) is 25.0. The minimum Gasteiger partial charge on any atom is -0.467 e. The summed E-state index contributed by atoms with van der Waals surface area (Å²) in [5, 5.41) is 0. The van der Waals surface area contributed by atoms with Gasteiger partial charge in [0.05, 0.1) is 25.5 Å². The number of rotatable bonds is 6. The first kappa shape index (κ1) is 20.0. The second-order valence-electron chi connectivity index (χ2n) is 6.25. The van der Waals surface area contributed by atoms with Crippen LogP contribution in [0.4, 0.5) is 0 Å². The monoisotopic (exact) mass is 387 g/mol. The number of aliphatic imine (C=N–C) groups is 1. The summed E-state index contributed by atoms with van der Waals surface area (Å²) in [4.78, 5) is 29.0. The molecular formula is C24H21NO4. The van der Waals surface area contributed by atoms with Crippen molar-refractivity contribution in [3.63, 3.8) is 0 Å². The molecule has 0 saturated heterocycles. The Labute approximate surface area is 169 Å². The summed E-state index contributed by atoms with van der Waals surface area (Å²) in [6.07, 6.45) is 0. The number of carbonyl (C=O) groups is 2. The molecule has 29 heavy (non-hydrogen) atoms. The second kappa shape index (κ2) is 9.46. The van der Waals surface area contributed by atoms with Crippen molar-refractivity contribution >= 4 is 17.7 Å². The molecule has 5 nitrogen and oxygen atoms in total. The third-order valence-corrected chi connectivity index (χ3v) is 4.42. The van der Waals surface area contributed by atoms with E-state index in [1.807, 2.05) is 60.7 Å². The van der Waals surface area contributed by atoms with Gasteiger partial charge in [-0.05, 0) is 17.7 Å². The first-order valence-corrected chi connectivity index (χ1v) is 9.08. The Hall–Kier alpha value is -3.73. The summed E-state index contributed by atoms with van der Waals surface area (Å²) in [5.41, 5.74) is 3.47. The van der Waals surface area contributed by atoms with Gasteiger partial charge >= 0.3 is 11.9 Å². The van der Waals surface area contributed by atoms with Gasteiger partial charge in [-0.1, -0.05) is 72.8 Å². The Morgan fingerprint density at radius 2 is 1.21 bits per heavy atom. The molecule has 0 bridgehead atoms. The summed E-state index contributed by atoms with van der Waals surface area (Å²) in [6.45, 7) is 0. The van der Waals surface area contributed by atoms with Crippen molar-refractivity contribution < 1.29 is 19.1 Å². The van der Waals surface area contributed by atoms with E-state index >= 15 is 0 Å². The molecule has 0 aliphatic rings. The molecule has 0 aliphatic carbocycles. The number of benzene rings is 3. The molecule has 5 heteroatoms. The maximum absolute atomic E-state index is 12.6. The smallest absolute Gasteiger partial charge is 0.337 e. The topological polar surface area (TPSA) is 65.0 Å². The van der Waals surface area contributed by atoms with Gasteiger partial charge < -0.3 is 9.47 Å². The molecule has 0 radical (unpaired) electrons. The molecule has 0 N–H and O–H groups in total. The van der Waals surface area contributed by atoms with E-state index in [2.05, 4.69) is 0 Å².